The first-order chi connectivity index (χ1) is 9.78. The third-order valence-electron chi connectivity index (χ3n) is 3.36. The van der Waals surface area contributed by atoms with E-state index in [1.54, 1.807) is 11.3 Å². The Labute approximate surface area is 130 Å². The van der Waals surface area contributed by atoms with Crippen LogP contribution in [0.4, 0.5) is 0 Å². The highest BCUT2D eigenvalue weighted by Gasteiger charge is 2.17. The molecule has 3 rings (SSSR count). The number of fused-ring (bicyclic) bond motifs is 1. The molecule has 0 aliphatic rings. The fraction of sp³-hybridized carbons (Fsp3) is 0.250. The van der Waals surface area contributed by atoms with Crippen molar-refractivity contribution in [3.8, 4) is 0 Å². The van der Waals surface area contributed by atoms with E-state index in [9.17, 15) is 0 Å². The smallest absolute Gasteiger partial charge is 0.134 e. The number of furan rings is 1. The number of para-hydroxylation sites is 1. The summed E-state index contributed by atoms with van der Waals surface area (Å²) in [6.07, 6.45) is 2.87. The van der Waals surface area contributed by atoms with Gasteiger partial charge in [-0.2, -0.15) is 0 Å². The Morgan fingerprint density at radius 3 is 2.95 bits per heavy atom. The van der Waals surface area contributed by atoms with E-state index in [1.165, 1.54) is 15.8 Å². The molecule has 2 heterocycles. The Morgan fingerprint density at radius 2 is 2.20 bits per heavy atom. The van der Waals surface area contributed by atoms with Crippen LogP contribution in [-0.2, 0) is 6.42 Å². The fourth-order valence-corrected chi connectivity index (χ4v) is 3.97. The molecule has 0 spiro atoms. The van der Waals surface area contributed by atoms with Crippen molar-refractivity contribution in [1.29, 1.82) is 0 Å². The molecule has 0 aliphatic heterocycles. The molecule has 0 fully saturated rings. The van der Waals surface area contributed by atoms with Crippen LogP contribution in [0.25, 0.3) is 11.0 Å². The maximum absolute atomic E-state index is 5.67. The standard InChI is InChI=1S/C16H16BrNOS/c1-2-18-15(8-12-7-11(17)10-20-12)14-9-19-16-6-4-3-5-13(14)16/h3-7,9-10,15,18H,2,8H2,1H3. The highest BCUT2D eigenvalue weighted by Crippen LogP contribution is 2.30. The summed E-state index contributed by atoms with van der Waals surface area (Å²) < 4.78 is 6.83. The molecule has 0 bridgehead atoms. The van der Waals surface area contributed by atoms with E-state index in [-0.39, 0.29) is 6.04 Å². The summed E-state index contributed by atoms with van der Waals surface area (Å²) >= 11 is 5.31. The van der Waals surface area contributed by atoms with Gasteiger partial charge in [-0.25, -0.2) is 0 Å². The van der Waals surface area contributed by atoms with E-state index in [0.717, 1.165) is 23.0 Å². The molecule has 2 nitrogen and oxygen atoms in total. The van der Waals surface area contributed by atoms with Crippen molar-refractivity contribution in [2.75, 3.05) is 6.54 Å². The molecule has 1 N–H and O–H groups in total. The Bertz CT molecular complexity index is 703. The summed E-state index contributed by atoms with van der Waals surface area (Å²) in [5, 5.41) is 6.90. The summed E-state index contributed by atoms with van der Waals surface area (Å²) in [6.45, 7) is 3.08. The molecule has 1 atom stereocenters. The van der Waals surface area contributed by atoms with Crippen molar-refractivity contribution in [3.05, 3.63) is 56.9 Å². The van der Waals surface area contributed by atoms with Crippen LogP contribution in [0.3, 0.4) is 0 Å². The van der Waals surface area contributed by atoms with Gasteiger partial charge in [0.1, 0.15) is 5.58 Å². The first-order valence-electron chi connectivity index (χ1n) is 6.70. The monoisotopic (exact) mass is 349 g/mol. The van der Waals surface area contributed by atoms with Gasteiger partial charge in [0.05, 0.1) is 6.26 Å². The van der Waals surface area contributed by atoms with Crippen LogP contribution in [0.2, 0.25) is 0 Å². The zero-order valence-corrected chi connectivity index (χ0v) is 13.6. The number of halogens is 1. The Balaban J connectivity index is 1.93. The van der Waals surface area contributed by atoms with E-state index in [1.807, 2.05) is 18.4 Å². The fourth-order valence-electron chi connectivity index (χ4n) is 2.47. The van der Waals surface area contributed by atoms with Crippen molar-refractivity contribution in [3.63, 3.8) is 0 Å². The van der Waals surface area contributed by atoms with Gasteiger partial charge in [0.2, 0.25) is 0 Å². The van der Waals surface area contributed by atoms with Crippen molar-refractivity contribution in [2.24, 2.45) is 0 Å². The Kier molecular flexibility index (Phi) is 4.24. The minimum absolute atomic E-state index is 0.286. The Hall–Kier alpha value is -1.10. The molecule has 20 heavy (non-hydrogen) atoms. The van der Waals surface area contributed by atoms with Gasteiger partial charge in [0.15, 0.2) is 0 Å². The van der Waals surface area contributed by atoms with Gasteiger partial charge in [-0.05, 0) is 34.6 Å². The molecule has 0 saturated heterocycles. The first kappa shape index (κ1) is 13.9. The number of hydrogen-bond acceptors (Lipinski definition) is 3. The molecule has 1 aromatic carbocycles. The zero-order valence-electron chi connectivity index (χ0n) is 11.2. The molecule has 104 valence electrons. The minimum atomic E-state index is 0.286. The van der Waals surface area contributed by atoms with Crippen molar-refractivity contribution < 1.29 is 4.42 Å². The average molecular weight is 350 g/mol. The van der Waals surface area contributed by atoms with Gasteiger partial charge in [-0.1, -0.05) is 25.1 Å². The van der Waals surface area contributed by atoms with E-state index >= 15 is 0 Å². The predicted molar refractivity (Wildman–Crippen MR) is 88.4 cm³/mol. The van der Waals surface area contributed by atoms with Gasteiger partial charge in [-0.15, -0.1) is 11.3 Å². The van der Waals surface area contributed by atoms with Crippen LogP contribution in [-0.4, -0.2) is 6.54 Å². The van der Waals surface area contributed by atoms with Gasteiger partial charge in [0, 0.05) is 38.1 Å². The quantitative estimate of drug-likeness (QED) is 0.688. The summed E-state index contributed by atoms with van der Waals surface area (Å²) in [6, 6.07) is 10.7. The number of thiophene rings is 1. The highest BCUT2D eigenvalue weighted by atomic mass is 79.9. The van der Waals surface area contributed by atoms with Crippen LogP contribution < -0.4 is 5.32 Å². The van der Waals surface area contributed by atoms with Crippen molar-refractivity contribution in [2.45, 2.75) is 19.4 Å². The molecule has 0 aliphatic carbocycles. The Morgan fingerprint density at radius 1 is 1.35 bits per heavy atom. The van der Waals surface area contributed by atoms with Gasteiger partial charge >= 0.3 is 0 Å². The van der Waals surface area contributed by atoms with E-state index < -0.39 is 0 Å². The summed E-state index contributed by atoms with van der Waals surface area (Å²) in [4.78, 5) is 1.37. The van der Waals surface area contributed by atoms with E-state index in [2.05, 4.69) is 51.7 Å². The molecule has 3 aromatic rings. The lowest BCUT2D eigenvalue weighted by molar-refractivity contribution is 0.538. The lowest BCUT2D eigenvalue weighted by Gasteiger charge is -2.16. The molecule has 0 radical (unpaired) electrons. The molecule has 4 heteroatoms. The number of hydrogen-bond donors (Lipinski definition) is 1. The summed E-state index contributed by atoms with van der Waals surface area (Å²) in [7, 11) is 0. The van der Waals surface area contributed by atoms with Crippen LogP contribution in [0.5, 0.6) is 0 Å². The highest BCUT2D eigenvalue weighted by molar-refractivity contribution is 9.10. The molecular formula is C16H16BrNOS. The zero-order chi connectivity index (χ0) is 13.9. The number of rotatable bonds is 5. The topological polar surface area (TPSA) is 25.2 Å². The third-order valence-corrected chi connectivity index (χ3v) is 5.08. The second-order valence-corrected chi connectivity index (χ2v) is 6.64. The second kappa shape index (κ2) is 6.12. The van der Waals surface area contributed by atoms with Crippen LogP contribution >= 0.6 is 27.3 Å². The normalized spacial score (nSPS) is 12.9. The molecule has 1 unspecified atom stereocenters. The SMILES string of the molecule is CCNC(Cc1cc(Br)cs1)c1coc2ccccc12. The number of likely N-dealkylation sites (N-methyl/N-ethyl adjacent to an activating group) is 1. The van der Waals surface area contributed by atoms with Crippen LogP contribution in [0, 0.1) is 0 Å². The number of nitrogens with one attached hydrogen (secondary N) is 1. The minimum Gasteiger partial charge on any atom is -0.464 e. The maximum atomic E-state index is 5.67. The molecular weight excluding hydrogens is 334 g/mol. The van der Waals surface area contributed by atoms with Crippen molar-refractivity contribution in [1.82, 2.24) is 5.32 Å². The molecule has 0 amide bonds. The maximum Gasteiger partial charge on any atom is 0.134 e. The van der Waals surface area contributed by atoms with Crippen molar-refractivity contribution >= 4 is 38.2 Å². The molecule has 0 saturated carbocycles. The van der Waals surface area contributed by atoms with Gasteiger partial charge < -0.3 is 9.73 Å². The largest absolute Gasteiger partial charge is 0.464 e. The van der Waals surface area contributed by atoms with Crippen LogP contribution in [0.1, 0.15) is 23.4 Å². The van der Waals surface area contributed by atoms with Gasteiger partial charge in [-0.3, -0.25) is 0 Å². The van der Waals surface area contributed by atoms with Crippen LogP contribution in [0.15, 0.2) is 50.9 Å². The second-order valence-electron chi connectivity index (χ2n) is 4.73. The number of benzene rings is 1. The van der Waals surface area contributed by atoms with E-state index in [0.29, 0.717) is 0 Å². The van der Waals surface area contributed by atoms with E-state index in [4.69, 9.17) is 4.42 Å². The summed E-state index contributed by atoms with van der Waals surface area (Å²) in [5.74, 6) is 0. The third kappa shape index (κ3) is 2.82. The average Bonchev–Trinajstić information content (AvgIpc) is 3.04. The first-order valence-corrected chi connectivity index (χ1v) is 8.37. The predicted octanol–water partition coefficient (Wildman–Crippen LogP) is 5.15. The summed E-state index contributed by atoms with van der Waals surface area (Å²) in [5.41, 5.74) is 2.20. The molecule has 2 aromatic heterocycles. The lowest BCUT2D eigenvalue weighted by Crippen LogP contribution is -2.22. The van der Waals surface area contributed by atoms with Gasteiger partial charge in [0.25, 0.3) is 0 Å². The lowest BCUT2D eigenvalue weighted by atomic mass is 10.0.